The molecule has 3 heteroatoms. The van der Waals surface area contributed by atoms with Crippen LogP contribution in [0, 0.1) is 0 Å². The molecule has 0 radical (unpaired) electrons. The number of piperidine rings is 1. The molecule has 2 N–H and O–H groups in total. The summed E-state index contributed by atoms with van der Waals surface area (Å²) in [6, 6.07) is 0.620. The first kappa shape index (κ1) is 11.3. The molecule has 0 aromatic rings. The predicted octanol–water partition coefficient (Wildman–Crippen LogP) is 1.57. The quantitative estimate of drug-likeness (QED) is 0.754. The summed E-state index contributed by atoms with van der Waals surface area (Å²) in [7, 11) is 0. The average molecular weight is 219 g/mol. The van der Waals surface area contributed by atoms with Crippen LogP contribution in [0.5, 0.6) is 0 Å². The minimum Gasteiger partial charge on any atom is -0.364 e. The molecule has 0 saturated carbocycles. The summed E-state index contributed by atoms with van der Waals surface area (Å²) in [4.78, 5) is 2.45. The lowest BCUT2D eigenvalue weighted by atomic mass is 10.0. The van der Waals surface area contributed by atoms with Gasteiger partial charge in [-0.15, -0.1) is 0 Å². The fourth-order valence-corrected chi connectivity index (χ4v) is 2.69. The van der Waals surface area contributed by atoms with E-state index in [2.05, 4.69) is 35.6 Å². The van der Waals surface area contributed by atoms with Crippen molar-refractivity contribution in [1.82, 2.24) is 15.5 Å². The number of rotatable bonds is 3. The van der Waals surface area contributed by atoms with Crippen LogP contribution in [0.15, 0.2) is 36.7 Å². The Balaban J connectivity index is 2.20. The minimum atomic E-state index is 0.351. The van der Waals surface area contributed by atoms with Gasteiger partial charge in [0, 0.05) is 6.04 Å². The van der Waals surface area contributed by atoms with E-state index in [9.17, 15) is 0 Å². The van der Waals surface area contributed by atoms with Crippen LogP contribution in [0.3, 0.4) is 0 Å². The molecule has 16 heavy (non-hydrogen) atoms. The molecule has 1 atom stereocenters. The van der Waals surface area contributed by atoms with Gasteiger partial charge >= 0.3 is 0 Å². The smallest absolute Gasteiger partial charge is 0.0965 e. The van der Waals surface area contributed by atoms with Crippen LogP contribution < -0.4 is 10.6 Å². The van der Waals surface area contributed by atoms with Crippen molar-refractivity contribution in [3.63, 3.8) is 0 Å². The van der Waals surface area contributed by atoms with Crippen molar-refractivity contribution in [3.05, 3.63) is 36.7 Å². The van der Waals surface area contributed by atoms with Crippen LogP contribution in [0.2, 0.25) is 0 Å². The lowest BCUT2D eigenvalue weighted by Gasteiger charge is -2.37. The van der Waals surface area contributed by atoms with E-state index in [-0.39, 0.29) is 0 Å². The van der Waals surface area contributed by atoms with E-state index < -0.39 is 0 Å². The number of nitrogens with one attached hydrogen (secondary N) is 2. The summed E-state index contributed by atoms with van der Waals surface area (Å²) in [6.45, 7) is 12.2. The molecule has 2 aliphatic heterocycles. The third-order valence-corrected chi connectivity index (χ3v) is 3.44. The Morgan fingerprint density at radius 1 is 1.25 bits per heavy atom. The molecule has 1 fully saturated rings. The van der Waals surface area contributed by atoms with Gasteiger partial charge in [0.05, 0.1) is 17.6 Å². The van der Waals surface area contributed by atoms with Crippen molar-refractivity contribution < 1.29 is 0 Å². The molecule has 2 heterocycles. The van der Waals surface area contributed by atoms with Crippen LogP contribution in [0.25, 0.3) is 0 Å². The van der Waals surface area contributed by atoms with Crippen LogP contribution in [0.4, 0.5) is 0 Å². The standard InChI is InChI=1S/C13H21N3/c1-4-12-13(5-2)16(10(3)15-12)11-6-8-14-9-7-11/h4-5,10-11,14-15H,1-2,6-9H2,3H3. The summed E-state index contributed by atoms with van der Waals surface area (Å²) < 4.78 is 0. The van der Waals surface area contributed by atoms with Crippen LogP contribution in [-0.4, -0.2) is 30.2 Å². The van der Waals surface area contributed by atoms with Gasteiger partial charge in [0.25, 0.3) is 0 Å². The summed E-state index contributed by atoms with van der Waals surface area (Å²) >= 11 is 0. The number of allylic oxidation sites excluding steroid dienone is 2. The van der Waals surface area contributed by atoms with Crippen molar-refractivity contribution >= 4 is 0 Å². The van der Waals surface area contributed by atoms with Gasteiger partial charge in [-0.25, -0.2) is 0 Å². The first-order valence-corrected chi connectivity index (χ1v) is 6.02. The minimum absolute atomic E-state index is 0.351. The second-order valence-electron chi connectivity index (χ2n) is 4.42. The molecule has 0 aliphatic carbocycles. The zero-order chi connectivity index (χ0) is 11.5. The molecule has 88 valence electrons. The lowest BCUT2D eigenvalue weighted by molar-refractivity contribution is 0.172. The molecule has 0 amide bonds. The molecule has 0 aromatic heterocycles. The third kappa shape index (κ3) is 1.87. The Labute approximate surface area is 97.9 Å². The molecule has 1 saturated heterocycles. The van der Waals surface area contributed by atoms with Crippen molar-refractivity contribution in [3.8, 4) is 0 Å². The highest BCUT2D eigenvalue weighted by molar-refractivity contribution is 5.34. The summed E-state index contributed by atoms with van der Waals surface area (Å²) in [6.07, 6.45) is 6.58. The van der Waals surface area contributed by atoms with Crippen LogP contribution in [0.1, 0.15) is 19.8 Å². The summed E-state index contributed by atoms with van der Waals surface area (Å²) in [5, 5.41) is 6.85. The molecular formula is C13H21N3. The van der Waals surface area contributed by atoms with E-state index in [1.165, 1.54) is 18.5 Å². The second-order valence-corrected chi connectivity index (χ2v) is 4.42. The van der Waals surface area contributed by atoms with Crippen molar-refractivity contribution in [2.24, 2.45) is 0 Å². The molecule has 1 unspecified atom stereocenters. The number of hydrogen-bond acceptors (Lipinski definition) is 3. The summed E-state index contributed by atoms with van der Waals surface area (Å²) in [5.74, 6) is 0. The number of hydrogen-bond donors (Lipinski definition) is 2. The highest BCUT2D eigenvalue weighted by Gasteiger charge is 2.31. The van der Waals surface area contributed by atoms with Crippen molar-refractivity contribution in [2.45, 2.75) is 32.0 Å². The van der Waals surface area contributed by atoms with E-state index in [0.717, 1.165) is 18.8 Å². The predicted molar refractivity (Wildman–Crippen MR) is 67.7 cm³/mol. The van der Waals surface area contributed by atoms with Crippen molar-refractivity contribution in [2.75, 3.05) is 13.1 Å². The molecule has 2 aliphatic rings. The van der Waals surface area contributed by atoms with E-state index in [1.54, 1.807) is 0 Å². The van der Waals surface area contributed by atoms with Gasteiger partial charge in [-0.3, -0.25) is 0 Å². The first-order valence-electron chi connectivity index (χ1n) is 6.02. The maximum Gasteiger partial charge on any atom is 0.0965 e. The zero-order valence-corrected chi connectivity index (χ0v) is 10.00. The van der Waals surface area contributed by atoms with E-state index in [4.69, 9.17) is 0 Å². The van der Waals surface area contributed by atoms with Gasteiger partial charge in [-0.1, -0.05) is 13.2 Å². The third-order valence-electron chi connectivity index (χ3n) is 3.44. The molecule has 3 nitrogen and oxygen atoms in total. The highest BCUT2D eigenvalue weighted by Crippen LogP contribution is 2.27. The van der Waals surface area contributed by atoms with Crippen molar-refractivity contribution in [1.29, 1.82) is 0 Å². The topological polar surface area (TPSA) is 27.3 Å². The average Bonchev–Trinajstić information content (AvgIpc) is 2.66. The lowest BCUT2D eigenvalue weighted by Crippen LogP contribution is -2.46. The Morgan fingerprint density at radius 2 is 1.94 bits per heavy atom. The normalized spacial score (nSPS) is 26.8. The van der Waals surface area contributed by atoms with Gasteiger partial charge < -0.3 is 15.5 Å². The monoisotopic (exact) mass is 219 g/mol. The Hall–Kier alpha value is -1.22. The van der Waals surface area contributed by atoms with Gasteiger partial charge in [-0.05, 0) is 45.0 Å². The fourth-order valence-electron chi connectivity index (χ4n) is 2.69. The molecular weight excluding hydrogens is 198 g/mol. The molecule has 2 rings (SSSR count). The fraction of sp³-hybridized carbons (Fsp3) is 0.538. The van der Waals surface area contributed by atoms with Gasteiger partial charge in [0.2, 0.25) is 0 Å². The molecule has 0 bridgehead atoms. The second kappa shape index (κ2) is 4.74. The maximum atomic E-state index is 3.92. The van der Waals surface area contributed by atoms with E-state index in [0.29, 0.717) is 12.2 Å². The molecule has 0 aromatic carbocycles. The highest BCUT2D eigenvalue weighted by atomic mass is 15.3. The van der Waals surface area contributed by atoms with Crippen LogP contribution >= 0.6 is 0 Å². The van der Waals surface area contributed by atoms with Crippen LogP contribution in [-0.2, 0) is 0 Å². The maximum absolute atomic E-state index is 3.92. The Kier molecular flexibility index (Phi) is 3.34. The Bertz CT molecular complexity index is 313. The van der Waals surface area contributed by atoms with Gasteiger partial charge in [0.15, 0.2) is 0 Å². The SMILES string of the molecule is C=CC1=C(C=C)N(C2CCNCC2)C(C)N1. The summed E-state index contributed by atoms with van der Waals surface area (Å²) in [5.41, 5.74) is 2.32. The van der Waals surface area contributed by atoms with Gasteiger partial charge in [0.1, 0.15) is 0 Å². The Morgan fingerprint density at radius 3 is 2.50 bits per heavy atom. The van der Waals surface area contributed by atoms with E-state index in [1.807, 2.05) is 12.2 Å². The van der Waals surface area contributed by atoms with E-state index >= 15 is 0 Å². The zero-order valence-electron chi connectivity index (χ0n) is 10.00. The largest absolute Gasteiger partial charge is 0.364 e. The number of nitrogens with zero attached hydrogens (tertiary/aromatic N) is 1. The first-order chi connectivity index (χ1) is 7.77. The molecule has 0 spiro atoms. The van der Waals surface area contributed by atoms with Gasteiger partial charge in [-0.2, -0.15) is 0 Å².